The van der Waals surface area contributed by atoms with Crippen LogP contribution in [0, 0.1) is 11.8 Å². The molecule has 0 amide bonds. The maximum atomic E-state index is 4.33. The predicted molar refractivity (Wildman–Crippen MR) is 55.5 cm³/mol. The van der Waals surface area contributed by atoms with Crippen LogP contribution in [0.5, 0.6) is 0 Å². The van der Waals surface area contributed by atoms with Crippen molar-refractivity contribution in [1.29, 1.82) is 0 Å². The Morgan fingerprint density at radius 1 is 1.25 bits per heavy atom. The molecule has 1 heteroatoms. The van der Waals surface area contributed by atoms with Crippen LogP contribution in [0.2, 0.25) is 0 Å². The molecule has 1 nitrogen and oxygen atoms in total. The highest BCUT2D eigenvalue weighted by molar-refractivity contribution is 5.61. The van der Waals surface area contributed by atoms with Crippen molar-refractivity contribution in [3.8, 4) is 11.8 Å². The molecule has 0 saturated carbocycles. The Morgan fingerprint density at radius 3 is 2.42 bits per heavy atom. The van der Waals surface area contributed by atoms with E-state index in [4.69, 9.17) is 0 Å². The SMILES string of the molecule is CCCC#CC/C=N/C(C)(C)C. The third kappa shape index (κ3) is 9.23. The van der Waals surface area contributed by atoms with Crippen LogP contribution in [-0.2, 0) is 0 Å². The Morgan fingerprint density at radius 2 is 1.92 bits per heavy atom. The highest BCUT2D eigenvalue weighted by Crippen LogP contribution is 2.04. The van der Waals surface area contributed by atoms with Crippen molar-refractivity contribution in [3.63, 3.8) is 0 Å². The minimum atomic E-state index is 0.0481. The van der Waals surface area contributed by atoms with Gasteiger partial charge in [-0.05, 0) is 27.2 Å². The average Bonchev–Trinajstić information content (AvgIpc) is 1.94. The van der Waals surface area contributed by atoms with Gasteiger partial charge in [0.15, 0.2) is 0 Å². The summed E-state index contributed by atoms with van der Waals surface area (Å²) >= 11 is 0. The van der Waals surface area contributed by atoms with Crippen LogP contribution < -0.4 is 0 Å². The van der Waals surface area contributed by atoms with E-state index in [-0.39, 0.29) is 5.54 Å². The fraction of sp³-hybridized carbons (Fsp3) is 0.727. The number of nitrogens with zero attached hydrogens (tertiary/aromatic N) is 1. The normalized spacial score (nSPS) is 11.3. The van der Waals surface area contributed by atoms with E-state index >= 15 is 0 Å². The second kappa shape index (κ2) is 5.83. The lowest BCUT2D eigenvalue weighted by molar-refractivity contribution is 0.585. The number of hydrogen-bond acceptors (Lipinski definition) is 1. The third-order valence-corrected chi connectivity index (χ3v) is 1.17. The summed E-state index contributed by atoms with van der Waals surface area (Å²) in [5.74, 6) is 6.14. The molecule has 0 spiro atoms. The van der Waals surface area contributed by atoms with Crippen LogP contribution in [0.4, 0.5) is 0 Å². The lowest BCUT2D eigenvalue weighted by Crippen LogP contribution is -2.09. The second-order valence-corrected chi connectivity index (χ2v) is 3.79. The predicted octanol–water partition coefficient (Wildman–Crippen LogP) is 3.05. The van der Waals surface area contributed by atoms with Gasteiger partial charge in [-0.25, -0.2) is 0 Å². The molecule has 0 aliphatic carbocycles. The highest BCUT2D eigenvalue weighted by atomic mass is 14.8. The van der Waals surface area contributed by atoms with Gasteiger partial charge >= 0.3 is 0 Å². The first-order chi connectivity index (χ1) is 5.56. The Hall–Kier alpha value is -0.770. The molecule has 0 bridgehead atoms. The molecule has 0 aromatic heterocycles. The Balaban J connectivity index is 3.58. The van der Waals surface area contributed by atoms with E-state index in [1.807, 2.05) is 6.21 Å². The topological polar surface area (TPSA) is 12.4 Å². The summed E-state index contributed by atoms with van der Waals surface area (Å²) in [6.45, 7) is 8.40. The molecule has 0 radical (unpaired) electrons. The van der Waals surface area contributed by atoms with E-state index in [0.29, 0.717) is 0 Å². The van der Waals surface area contributed by atoms with E-state index < -0.39 is 0 Å². The van der Waals surface area contributed by atoms with E-state index in [1.165, 1.54) is 0 Å². The Labute approximate surface area is 76.3 Å². The molecule has 0 unspecified atom stereocenters. The molecule has 12 heavy (non-hydrogen) atoms. The molecule has 0 heterocycles. The van der Waals surface area contributed by atoms with Gasteiger partial charge in [0.2, 0.25) is 0 Å². The third-order valence-electron chi connectivity index (χ3n) is 1.17. The van der Waals surface area contributed by atoms with Crippen molar-refractivity contribution >= 4 is 6.21 Å². The fourth-order valence-electron chi connectivity index (χ4n) is 0.651. The maximum absolute atomic E-state index is 4.33. The first-order valence-electron chi connectivity index (χ1n) is 4.55. The summed E-state index contributed by atoms with van der Waals surface area (Å²) in [5, 5.41) is 0. The molecular formula is C11H19N. The zero-order valence-corrected chi connectivity index (χ0v) is 8.65. The summed E-state index contributed by atoms with van der Waals surface area (Å²) in [6.07, 6.45) is 4.84. The van der Waals surface area contributed by atoms with Crippen LogP contribution in [0.3, 0.4) is 0 Å². The molecule has 0 aliphatic heterocycles. The van der Waals surface area contributed by atoms with Crippen molar-refractivity contribution in [1.82, 2.24) is 0 Å². The van der Waals surface area contributed by atoms with Gasteiger partial charge in [-0.15, -0.1) is 5.92 Å². The van der Waals surface area contributed by atoms with Crippen LogP contribution in [-0.4, -0.2) is 11.8 Å². The van der Waals surface area contributed by atoms with Crippen LogP contribution in [0.25, 0.3) is 0 Å². The molecule has 0 aromatic rings. The van der Waals surface area contributed by atoms with Gasteiger partial charge in [-0.2, -0.15) is 0 Å². The first kappa shape index (κ1) is 11.2. The summed E-state index contributed by atoms with van der Waals surface area (Å²) in [7, 11) is 0. The minimum Gasteiger partial charge on any atom is -0.291 e. The van der Waals surface area contributed by atoms with Crippen LogP contribution in [0.1, 0.15) is 47.0 Å². The Bertz CT molecular complexity index is 185. The minimum absolute atomic E-state index is 0.0481. The van der Waals surface area contributed by atoms with E-state index in [1.54, 1.807) is 0 Å². The lowest BCUT2D eigenvalue weighted by atomic mass is 10.1. The lowest BCUT2D eigenvalue weighted by Gasteiger charge is -2.09. The second-order valence-electron chi connectivity index (χ2n) is 3.79. The molecule has 0 N–H and O–H groups in total. The molecule has 68 valence electrons. The molecular weight excluding hydrogens is 146 g/mol. The van der Waals surface area contributed by atoms with E-state index in [9.17, 15) is 0 Å². The van der Waals surface area contributed by atoms with E-state index in [0.717, 1.165) is 19.3 Å². The number of unbranched alkanes of at least 4 members (excludes halogenated alkanes) is 1. The van der Waals surface area contributed by atoms with Gasteiger partial charge in [0.05, 0.1) is 5.54 Å². The van der Waals surface area contributed by atoms with Gasteiger partial charge < -0.3 is 0 Å². The maximum Gasteiger partial charge on any atom is 0.0520 e. The summed E-state index contributed by atoms with van der Waals surface area (Å²) in [6, 6.07) is 0. The average molecular weight is 165 g/mol. The first-order valence-corrected chi connectivity index (χ1v) is 4.55. The summed E-state index contributed by atoms with van der Waals surface area (Å²) in [5.41, 5.74) is 0.0481. The van der Waals surface area contributed by atoms with Gasteiger partial charge in [-0.3, -0.25) is 4.99 Å². The van der Waals surface area contributed by atoms with Crippen molar-refractivity contribution in [2.24, 2.45) is 4.99 Å². The molecule has 0 aromatic carbocycles. The summed E-state index contributed by atoms with van der Waals surface area (Å²) < 4.78 is 0. The zero-order valence-electron chi connectivity index (χ0n) is 8.65. The van der Waals surface area contributed by atoms with Gasteiger partial charge in [-0.1, -0.05) is 12.8 Å². The van der Waals surface area contributed by atoms with Gasteiger partial charge in [0.1, 0.15) is 0 Å². The standard InChI is InChI=1S/C11H19N/c1-5-6-7-8-9-10-12-11(2,3)4/h10H,5-6,9H2,1-4H3/b12-10+. The van der Waals surface area contributed by atoms with Crippen molar-refractivity contribution in [2.75, 3.05) is 0 Å². The number of aliphatic imine (C=N–C) groups is 1. The summed E-state index contributed by atoms with van der Waals surface area (Å²) in [4.78, 5) is 4.33. The number of hydrogen-bond donors (Lipinski definition) is 0. The molecule has 0 rings (SSSR count). The quantitative estimate of drug-likeness (QED) is 0.440. The highest BCUT2D eigenvalue weighted by Gasteiger charge is 2.03. The monoisotopic (exact) mass is 165 g/mol. The van der Waals surface area contributed by atoms with Crippen LogP contribution in [0.15, 0.2) is 4.99 Å². The van der Waals surface area contributed by atoms with Crippen molar-refractivity contribution < 1.29 is 0 Å². The molecule has 0 saturated heterocycles. The molecule has 0 atom stereocenters. The fourth-order valence-corrected chi connectivity index (χ4v) is 0.651. The van der Waals surface area contributed by atoms with Crippen LogP contribution >= 0.6 is 0 Å². The molecule has 0 aliphatic rings. The Kier molecular flexibility index (Phi) is 5.45. The van der Waals surface area contributed by atoms with Crippen molar-refractivity contribution in [3.05, 3.63) is 0 Å². The largest absolute Gasteiger partial charge is 0.291 e. The van der Waals surface area contributed by atoms with Gasteiger partial charge in [0, 0.05) is 19.1 Å². The zero-order chi connectivity index (χ0) is 9.45. The van der Waals surface area contributed by atoms with Crippen molar-refractivity contribution in [2.45, 2.75) is 52.5 Å². The van der Waals surface area contributed by atoms with E-state index in [2.05, 4.69) is 44.5 Å². The smallest absolute Gasteiger partial charge is 0.0520 e. The van der Waals surface area contributed by atoms with Gasteiger partial charge in [0.25, 0.3) is 0 Å². The number of rotatable bonds is 2. The molecule has 0 fully saturated rings.